The van der Waals surface area contributed by atoms with Gasteiger partial charge in [0.2, 0.25) is 5.82 Å². The first kappa shape index (κ1) is 21.3. The van der Waals surface area contributed by atoms with E-state index in [0.29, 0.717) is 16.7 Å². The number of nitrogens with zero attached hydrogens (tertiary/aromatic N) is 2. The van der Waals surface area contributed by atoms with Gasteiger partial charge in [0.05, 0.1) is 12.4 Å². The van der Waals surface area contributed by atoms with Crippen LogP contribution in [0.4, 0.5) is 0 Å². The summed E-state index contributed by atoms with van der Waals surface area (Å²) >= 11 is 6.32. The molecule has 0 radical (unpaired) electrons. The number of hydrogen-bond acceptors (Lipinski definition) is 6. The molecule has 2 atom stereocenters. The number of benzene rings is 1. The maximum absolute atomic E-state index is 12.2. The molecule has 1 fully saturated rings. The lowest BCUT2D eigenvalue weighted by Crippen LogP contribution is -2.32. The van der Waals surface area contributed by atoms with Gasteiger partial charge in [-0.15, -0.1) is 0 Å². The molecule has 7 nitrogen and oxygen atoms in total. The Morgan fingerprint density at radius 1 is 1.28 bits per heavy atom. The molecule has 0 saturated heterocycles. The second-order valence-electron chi connectivity index (χ2n) is 7.06. The maximum atomic E-state index is 12.2. The summed E-state index contributed by atoms with van der Waals surface area (Å²) < 4.78 is 28.4. The Morgan fingerprint density at radius 2 is 1.93 bits per heavy atom. The summed E-state index contributed by atoms with van der Waals surface area (Å²) in [5.74, 6) is 0.300. The van der Waals surface area contributed by atoms with Crippen LogP contribution in [0.2, 0.25) is 5.02 Å². The SMILES string of the molecule is C[C@H](/C=C/S(C)(=O)=O)NC(=O)c1ncc(OC(c2ccccc2Cl)C2CC2)cn1. The topological polar surface area (TPSA) is 98.2 Å². The van der Waals surface area contributed by atoms with Crippen molar-refractivity contribution in [1.82, 2.24) is 15.3 Å². The van der Waals surface area contributed by atoms with Gasteiger partial charge in [-0.1, -0.05) is 35.9 Å². The fourth-order valence-corrected chi connectivity index (χ4v) is 3.50. The van der Waals surface area contributed by atoms with E-state index in [1.54, 1.807) is 6.92 Å². The molecule has 1 saturated carbocycles. The fourth-order valence-electron chi connectivity index (χ4n) is 2.74. The van der Waals surface area contributed by atoms with Crippen molar-refractivity contribution in [3.8, 4) is 5.75 Å². The summed E-state index contributed by atoms with van der Waals surface area (Å²) in [6, 6.07) is 7.08. The first-order valence-electron chi connectivity index (χ1n) is 9.15. The lowest BCUT2D eigenvalue weighted by atomic mass is 10.1. The Morgan fingerprint density at radius 3 is 2.52 bits per heavy atom. The van der Waals surface area contributed by atoms with Gasteiger partial charge in [-0.2, -0.15) is 0 Å². The third-order valence-electron chi connectivity index (χ3n) is 4.33. The van der Waals surface area contributed by atoms with Gasteiger partial charge in [-0.25, -0.2) is 18.4 Å². The van der Waals surface area contributed by atoms with E-state index < -0.39 is 21.8 Å². The van der Waals surface area contributed by atoms with Crippen molar-refractivity contribution in [2.45, 2.75) is 31.9 Å². The normalized spacial score (nSPS) is 16.4. The third kappa shape index (κ3) is 6.27. The molecule has 1 unspecified atom stereocenters. The molecule has 0 bridgehead atoms. The van der Waals surface area contributed by atoms with Crippen molar-refractivity contribution >= 4 is 27.3 Å². The van der Waals surface area contributed by atoms with Crippen LogP contribution in [-0.2, 0) is 9.84 Å². The molecule has 1 aliphatic rings. The van der Waals surface area contributed by atoms with Crippen LogP contribution in [0.15, 0.2) is 48.1 Å². The minimum atomic E-state index is -3.25. The fraction of sp³-hybridized carbons (Fsp3) is 0.350. The third-order valence-corrected chi connectivity index (χ3v) is 5.33. The van der Waals surface area contributed by atoms with Gasteiger partial charge in [0.1, 0.15) is 6.10 Å². The van der Waals surface area contributed by atoms with E-state index >= 15 is 0 Å². The van der Waals surface area contributed by atoms with Crippen LogP contribution in [0, 0.1) is 5.92 Å². The van der Waals surface area contributed by atoms with Gasteiger partial charge < -0.3 is 10.1 Å². The van der Waals surface area contributed by atoms with Crippen LogP contribution >= 0.6 is 11.6 Å². The highest BCUT2D eigenvalue weighted by Gasteiger charge is 2.35. The maximum Gasteiger partial charge on any atom is 0.289 e. The number of ether oxygens (including phenoxy) is 1. The molecule has 1 aromatic heterocycles. The molecule has 29 heavy (non-hydrogen) atoms. The summed E-state index contributed by atoms with van der Waals surface area (Å²) in [4.78, 5) is 20.4. The lowest BCUT2D eigenvalue weighted by Gasteiger charge is -2.20. The number of carbonyl (C=O) groups excluding carboxylic acids is 1. The molecule has 1 aromatic carbocycles. The number of sulfone groups is 1. The minimum absolute atomic E-state index is 0.0299. The van der Waals surface area contributed by atoms with Gasteiger partial charge >= 0.3 is 0 Å². The summed E-state index contributed by atoms with van der Waals surface area (Å²) in [6.07, 6.45) is 7.31. The molecular formula is C20H22ClN3O4S. The van der Waals surface area contributed by atoms with Crippen molar-refractivity contribution in [2.24, 2.45) is 5.92 Å². The second kappa shape index (κ2) is 8.92. The predicted molar refractivity (Wildman–Crippen MR) is 110 cm³/mol. The van der Waals surface area contributed by atoms with Crippen LogP contribution < -0.4 is 10.1 Å². The van der Waals surface area contributed by atoms with Crippen molar-refractivity contribution < 1.29 is 17.9 Å². The highest BCUT2D eigenvalue weighted by molar-refractivity contribution is 7.93. The molecular weight excluding hydrogens is 414 g/mol. The van der Waals surface area contributed by atoms with Crippen molar-refractivity contribution in [3.63, 3.8) is 0 Å². The molecule has 154 valence electrons. The number of amides is 1. The van der Waals surface area contributed by atoms with E-state index in [4.69, 9.17) is 16.3 Å². The number of hydrogen-bond donors (Lipinski definition) is 1. The molecule has 0 spiro atoms. The van der Waals surface area contributed by atoms with E-state index in [2.05, 4.69) is 15.3 Å². The molecule has 0 aliphatic heterocycles. The Balaban J connectivity index is 1.66. The highest BCUT2D eigenvalue weighted by atomic mass is 35.5. The number of nitrogens with one attached hydrogen (secondary N) is 1. The van der Waals surface area contributed by atoms with Gasteiger partial charge in [0, 0.05) is 34.2 Å². The zero-order valence-electron chi connectivity index (χ0n) is 16.1. The van der Waals surface area contributed by atoms with Crippen molar-refractivity contribution in [2.75, 3.05) is 6.26 Å². The molecule has 1 amide bonds. The largest absolute Gasteiger partial charge is 0.482 e. The Kier molecular flexibility index (Phi) is 6.54. The standard InChI is InChI=1S/C20H22ClN3O4S/c1-13(9-10-29(2,26)27)24-20(25)19-22-11-15(12-23-19)28-18(14-7-8-14)16-5-3-4-6-17(16)21/h3-6,9-14,18H,7-8H2,1-2H3,(H,24,25)/b10-9+/t13-,18?/m1/s1. The number of aromatic nitrogens is 2. The molecule has 3 rings (SSSR count). The van der Waals surface area contributed by atoms with Crippen LogP contribution in [-0.4, -0.2) is 36.6 Å². The summed E-state index contributed by atoms with van der Waals surface area (Å²) in [5, 5.41) is 4.31. The first-order chi connectivity index (χ1) is 13.7. The zero-order chi connectivity index (χ0) is 21.0. The number of halogens is 1. The predicted octanol–water partition coefficient (Wildman–Crippen LogP) is 3.34. The van der Waals surface area contributed by atoms with Gasteiger partial charge in [-0.05, 0) is 25.8 Å². The summed E-state index contributed by atoms with van der Waals surface area (Å²) in [7, 11) is -3.25. The average molecular weight is 436 g/mol. The Hall–Kier alpha value is -2.45. The van der Waals surface area contributed by atoms with E-state index in [9.17, 15) is 13.2 Å². The van der Waals surface area contributed by atoms with Crippen LogP contribution in [0.3, 0.4) is 0 Å². The second-order valence-corrected chi connectivity index (χ2v) is 9.40. The van der Waals surface area contributed by atoms with Crippen LogP contribution in [0.1, 0.15) is 42.1 Å². The molecule has 2 aromatic rings. The average Bonchev–Trinajstić information content (AvgIpc) is 3.50. The van der Waals surface area contributed by atoms with Crippen molar-refractivity contribution in [1.29, 1.82) is 0 Å². The molecule has 1 N–H and O–H groups in total. The lowest BCUT2D eigenvalue weighted by molar-refractivity contribution is 0.0936. The Bertz CT molecular complexity index is 1000. The highest BCUT2D eigenvalue weighted by Crippen LogP contribution is 2.45. The zero-order valence-corrected chi connectivity index (χ0v) is 17.7. The van der Waals surface area contributed by atoms with E-state index in [1.807, 2.05) is 24.3 Å². The van der Waals surface area contributed by atoms with Crippen LogP contribution in [0.5, 0.6) is 5.75 Å². The van der Waals surface area contributed by atoms with E-state index in [-0.39, 0.29) is 11.9 Å². The first-order valence-corrected chi connectivity index (χ1v) is 11.5. The quantitative estimate of drug-likeness (QED) is 0.682. The van der Waals surface area contributed by atoms with Gasteiger partial charge in [0.15, 0.2) is 15.6 Å². The number of rotatable bonds is 8. The van der Waals surface area contributed by atoms with Gasteiger partial charge in [0.25, 0.3) is 5.91 Å². The monoisotopic (exact) mass is 435 g/mol. The van der Waals surface area contributed by atoms with Gasteiger partial charge in [-0.3, -0.25) is 4.79 Å². The van der Waals surface area contributed by atoms with E-state index in [0.717, 1.165) is 30.1 Å². The summed E-state index contributed by atoms with van der Waals surface area (Å²) in [5.41, 5.74) is 0.921. The Labute approximate surface area is 175 Å². The van der Waals surface area contributed by atoms with Crippen LogP contribution in [0.25, 0.3) is 0 Å². The molecule has 1 heterocycles. The molecule has 1 aliphatic carbocycles. The summed E-state index contributed by atoms with van der Waals surface area (Å²) in [6.45, 7) is 1.65. The molecule has 9 heteroatoms. The number of carbonyl (C=O) groups is 1. The minimum Gasteiger partial charge on any atom is -0.482 e. The smallest absolute Gasteiger partial charge is 0.289 e. The van der Waals surface area contributed by atoms with E-state index in [1.165, 1.54) is 18.5 Å². The van der Waals surface area contributed by atoms with Crippen molar-refractivity contribution in [3.05, 3.63) is 64.6 Å².